The Labute approximate surface area is 132 Å². The van der Waals surface area contributed by atoms with Crippen LogP contribution in [0.1, 0.15) is 11.1 Å². The van der Waals surface area contributed by atoms with Crippen LogP contribution in [0.3, 0.4) is 0 Å². The molecule has 0 aliphatic rings. The molecule has 0 atom stereocenters. The lowest BCUT2D eigenvalue weighted by Crippen LogP contribution is -1.97. The van der Waals surface area contributed by atoms with E-state index in [-0.39, 0.29) is 0 Å². The van der Waals surface area contributed by atoms with Gasteiger partial charge in [0.2, 0.25) is 0 Å². The number of nitrogens with one attached hydrogen (secondary N) is 1. The van der Waals surface area contributed by atoms with Gasteiger partial charge in [-0.3, -0.25) is 4.57 Å². The van der Waals surface area contributed by atoms with Crippen molar-refractivity contribution in [3.8, 4) is 5.69 Å². The second kappa shape index (κ2) is 4.92. The zero-order chi connectivity index (χ0) is 14.4. The van der Waals surface area contributed by atoms with E-state index < -0.39 is 0 Å². The van der Waals surface area contributed by atoms with Crippen molar-refractivity contribution in [2.24, 2.45) is 0 Å². The highest BCUT2D eigenvalue weighted by atomic mass is 35.5. The van der Waals surface area contributed by atoms with Gasteiger partial charge in [0.05, 0.1) is 26.8 Å². The molecular formula is C15H12Cl2N2S. The maximum absolute atomic E-state index is 6.13. The van der Waals surface area contributed by atoms with Crippen LogP contribution in [-0.2, 0) is 0 Å². The lowest BCUT2D eigenvalue weighted by molar-refractivity contribution is 1.05. The van der Waals surface area contributed by atoms with Gasteiger partial charge >= 0.3 is 0 Å². The highest BCUT2D eigenvalue weighted by Crippen LogP contribution is 2.30. The summed E-state index contributed by atoms with van der Waals surface area (Å²) in [6, 6.07) is 9.91. The molecule has 0 saturated heterocycles. The second-order valence-corrected chi connectivity index (χ2v) is 6.04. The van der Waals surface area contributed by atoms with E-state index in [1.165, 1.54) is 5.56 Å². The van der Waals surface area contributed by atoms with Gasteiger partial charge in [-0.2, -0.15) is 0 Å². The van der Waals surface area contributed by atoms with Gasteiger partial charge in [-0.25, -0.2) is 0 Å². The number of aryl methyl sites for hydroxylation is 2. The number of benzene rings is 2. The van der Waals surface area contributed by atoms with E-state index in [1.807, 2.05) is 10.6 Å². The number of halogens is 2. The summed E-state index contributed by atoms with van der Waals surface area (Å²) in [5, 5.41) is 1.04. The van der Waals surface area contributed by atoms with Crippen LogP contribution in [0.4, 0.5) is 0 Å². The Morgan fingerprint density at radius 3 is 2.45 bits per heavy atom. The molecule has 0 bridgehead atoms. The topological polar surface area (TPSA) is 20.7 Å². The number of aromatic amines is 1. The first-order chi connectivity index (χ1) is 9.47. The Balaban J connectivity index is 2.39. The summed E-state index contributed by atoms with van der Waals surface area (Å²) in [6.45, 7) is 4.14. The summed E-state index contributed by atoms with van der Waals surface area (Å²) in [4.78, 5) is 3.17. The third kappa shape index (κ3) is 2.16. The van der Waals surface area contributed by atoms with E-state index in [4.69, 9.17) is 35.4 Å². The lowest BCUT2D eigenvalue weighted by Gasteiger charge is -2.09. The van der Waals surface area contributed by atoms with Gasteiger partial charge in [-0.05, 0) is 49.8 Å². The zero-order valence-electron chi connectivity index (χ0n) is 11.0. The first-order valence-corrected chi connectivity index (χ1v) is 7.31. The van der Waals surface area contributed by atoms with Crippen LogP contribution in [-0.4, -0.2) is 9.55 Å². The van der Waals surface area contributed by atoms with Gasteiger partial charge < -0.3 is 4.98 Å². The average Bonchev–Trinajstić information content (AvgIpc) is 2.66. The molecule has 102 valence electrons. The summed E-state index contributed by atoms with van der Waals surface area (Å²) in [6.07, 6.45) is 0. The van der Waals surface area contributed by atoms with Crippen LogP contribution >= 0.6 is 35.4 Å². The fourth-order valence-corrected chi connectivity index (χ4v) is 3.03. The number of H-pyrrole nitrogens is 1. The molecule has 2 aromatic carbocycles. The molecule has 3 rings (SSSR count). The number of nitrogens with zero attached hydrogens (tertiary/aromatic N) is 1. The van der Waals surface area contributed by atoms with Crippen molar-refractivity contribution >= 4 is 46.5 Å². The van der Waals surface area contributed by atoms with Crippen molar-refractivity contribution in [2.75, 3.05) is 0 Å². The number of imidazole rings is 1. The maximum atomic E-state index is 6.13. The summed E-state index contributed by atoms with van der Waals surface area (Å²) in [5.74, 6) is 0. The predicted molar refractivity (Wildman–Crippen MR) is 88.0 cm³/mol. The van der Waals surface area contributed by atoms with Crippen LogP contribution in [0.5, 0.6) is 0 Å². The second-order valence-electron chi connectivity index (χ2n) is 4.84. The molecule has 0 unspecified atom stereocenters. The predicted octanol–water partition coefficient (Wildman–Crippen LogP) is 5.61. The molecule has 0 radical (unpaired) electrons. The molecule has 1 heterocycles. The van der Waals surface area contributed by atoms with Crippen LogP contribution in [0, 0.1) is 18.6 Å². The minimum atomic E-state index is 0.517. The fourth-order valence-electron chi connectivity index (χ4n) is 2.40. The molecule has 0 aliphatic carbocycles. The zero-order valence-corrected chi connectivity index (χ0v) is 13.3. The monoisotopic (exact) mass is 322 g/mol. The number of hydrogen-bond acceptors (Lipinski definition) is 1. The summed E-state index contributed by atoms with van der Waals surface area (Å²) in [7, 11) is 0. The average molecular weight is 323 g/mol. The molecule has 0 fully saturated rings. The largest absolute Gasteiger partial charge is 0.330 e. The van der Waals surface area contributed by atoms with Gasteiger partial charge in [0.1, 0.15) is 0 Å². The molecule has 0 spiro atoms. The highest BCUT2D eigenvalue weighted by molar-refractivity contribution is 7.71. The number of rotatable bonds is 1. The van der Waals surface area contributed by atoms with E-state index in [1.54, 1.807) is 6.07 Å². The first-order valence-electron chi connectivity index (χ1n) is 6.15. The van der Waals surface area contributed by atoms with Gasteiger partial charge in [-0.1, -0.05) is 40.9 Å². The van der Waals surface area contributed by atoms with E-state index in [9.17, 15) is 0 Å². The fraction of sp³-hybridized carbons (Fsp3) is 0.133. The molecule has 0 saturated carbocycles. The van der Waals surface area contributed by atoms with Crippen molar-refractivity contribution in [3.05, 3.63) is 56.3 Å². The molecule has 2 nitrogen and oxygen atoms in total. The van der Waals surface area contributed by atoms with E-state index >= 15 is 0 Å². The standard InChI is InChI=1S/C15H12Cl2N2S/c1-8-3-4-13(9(2)5-8)19-14-7-11(17)10(16)6-12(14)18-15(19)20/h3-7H,1-2H3,(H,18,20). The van der Waals surface area contributed by atoms with Crippen LogP contribution in [0.15, 0.2) is 30.3 Å². The van der Waals surface area contributed by atoms with Gasteiger partial charge in [-0.15, -0.1) is 0 Å². The Morgan fingerprint density at radius 1 is 1.05 bits per heavy atom. The Hall–Kier alpha value is -1.29. The third-order valence-electron chi connectivity index (χ3n) is 3.32. The smallest absolute Gasteiger partial charge is 0.182 e. The number of aromatic nitrogens is 2. The SMILES string of the molecule is Cc1ccc(-n2c(=S)[nH]c3cc(Cl)c(Cl)cc32)c(C)c1. The van der Waals surface area contributed by atoms with Crippen LogP contribution in [0.25, 0.3) is 16.7 Å². The van der Waals surface area contributed by atoms with E-state index in [2.05, 4.69) is 37.0 Å². The van der Waals surface area contributed by atoms with Crippen molar-refractivity contribution in [2.45, 2.75) is 13.8 Å². The minimum absolute atomic E-state index is 0.517. The summed E-state index contributed by atoms with van der Waals surface area (Å²) in [5.41, 5.74) is 5.23. The van der Waals surface area contributed by atoms with Crippen molar-refractivity contribution < 1.29 is 0 Å². The van der Waals surface area contributed by atoms with Crippen LogP contribution < -0.4 is 0 Å². The Morgan fingerprint density at radius 2 is 1.75 bits per heavy atom. The van der Waals surface area contributed by atoms with Gasteiger partial charge in [0.25, 0.3) is 0 Å². The molecule has 1 aromatic heterocycles. The molecule has 0 aliphatic heterocycles. The molecule has 3 aromatic rings. The van der Waals surface area contributed by atoms with Gasteiger partial charge in [0, 0.05) is 0 Å². The molecule has 0 amide bonds. The van der Waals surface area contributed by atoms with E-state index in [0.29, 0.717) is 14.8 Å². The summed E-state index contributed by atoms with van der Waals surface area (Å²) < 4.78 is 2.62. The highest BCUT2D eigenvalue weighted by Gasteiger charge is 2.11. The Kier molecular flexibility index (Phi) is 3.36. The molecular weight excluding hydrogens is 311 g/mol. The maximum Gasteiger partial charge on any atom is 0.182 e. The van der Waals surface area contributed by atoms with Gasteiger partial charge in [0.15, 0.2) is 4.77 Å². The van der Waals surface area contributed by atoms with Crippen molar-refractivity contribution in [3.63, 3.8) is 0 Å². The third-order valence-corrected chi connectivity index (χ3v) is 4.32. The van der Waals surface area contributed by atoms with Crippen molar-refractivity contribution in [1.82, 2.24) is 9.55 Å². The normalized spacial score (nSPS) is 11.2. The number of hydrogen-bond donors (Lipinski definition) is 1. The van der Waals surface area contributed by atoms with Crippen molar-refractivity contribution in [1.29, 1.82) is 0 Å². The Bertz CT molecular complexity index is 877. The minimum Gasteiger partial charge on any atom is -0.330 e. The quantitative estimate of drug-likeness (QED) is 0.577. The molecule has 20 heavy (non-hydrogen) atoms. The molecule has 5 heteroatoms. The number of fused-ring (bicyclic) bond motifs is 1. The first kappa shape index (κ1) is 13.7. The molecule has 1 N–H and O–H groups in total. The summed E-state index contributed by atoms with van der Waals surface area (Å²) >= 11 is 17.6. The van der Waals surface area contributed by atoms with E-state index in [0.717, 1.165) is 22.3 Å². The van der Waals surface area contributed by atoms with Crippen LogP contribution in [0.2, 0.25) is 10.0 Å². The lowest BCUT2D eigenvalue weighted by atomic mass is 10.1.